The van der Waals surface area contributed by atoms with Gasteiger partial charge in [-0.3, -0.25) is 14.6 Å². The number of amides is 2. The van der Waals surface area contributed by atoms with Crippen molar-refractivity contribution in [3.63, 3.8) is 0 Å². The summed E-state index contributed by atoms with van der Waals surface area (Å²) in [4.78, 5) is 36.4. The lowest BCUT2D eigenvalue weighted by molar-refractivity contribution is -0.140. The number of aromatic nitrogens is 2. The van der Waals surface area contributed by atoms with Crippen molar-refractivity contribution in [2.45, 2.75) is 31.7 Å². The maximum atomic E-state index is 12.6. The number of likely N-dealkylation sites (tertiary alicyclic amines) is 2. The summed E-state index contributed by atoms with van der Waals surface area (Å²) in [7, 11) is 0. The fourth-order valence-corrected chi connectivity index (χ4v) is 4.24. The molecule has 2 aliphatic rings. The van der Waals surface area contributed by atoms with E-state index in [4.69, 9.17) is 0 Å². The van der Waals surface area contributed by atoms with Crippen molar-refractivity contribution in [1.29, 1.82) is 0 Å². The number of hydrogen-bond acceptors (Lipinski definition) is 3. The van der Waals surface area contributed by atoms with Crippen LogP contribution in [0.5, 0.6) is 0 Å². The first kappa shape index (κ1) is 16.8. The summed E-state index contributed by atoms with van der Waals surface area (Å²) in [6.07, 6.45) is 6.65. The second-order valence-corrected chi connectivity index (χ2v) is 7.15. The zero-order valence-corrected chi connectivity index (χ0v) is 14.8. The van der Waals surface area contributed by atoms with Gasteiger partial charge in [-0.05, 0) is 43.0 Å². The van der Waals surface area contributed by atoms with E-state index in [2.05, 4.69) is 9.97 Å². The summed E-state index contributed by atoms with van der Waals surface area (Å²) in [5, 5.41) is 0. The maximum absolute atomic E-state index is 12.6. The molecule has 0 radical (unpaired) electrons. The summed E-state index contributed by atoms with van der Waals surface area (Å²) >= 11 is 0. The molecule has 136 valence electrons. The number of nitrogens with zero attached hydrogens (tertiary/aromatic N) is 3. The van der Waals surface area contributed by atoms with Crippen LogP contribution in [0.2, 0.25) is 0 Å². The van der Waals surface area contributed by atoms with Crippen molar-refractivity contribution in [3.8, 4) is 0 Å². The Bertz CT molecular complexity index is 759. The van der Waals surface area contributed by atoms with Gasteiger partial charge in [0.2, 0.25) is 5.91 Å². The average molecular weight is 352 g/mol. The minimum absolute atomic E-state index is 0.0605. The molecule has 2 atom stereocenters. The van der Waals surface area contributed by atoms with Crippen molar-refractivity contribution in [1.82, 2.24) is 19.8 Å². The fourth-order valence-electron chi connectivity index (χ4n) is 4.24. The fraction of sp³-hybridized carbons (Fsp3) is 0.450. The SMILES string of the molecule is O=C(c1ccc[nH]1)N1CC[C@@H]2[C@@H](CCC(=O)N2CCc2ccccn2)C1. The third kappa shape index (κ3) is 3.36. The number of fused-ring (bicyclic) bond motifs is 1. The molecule has 26 heavy (non-hydrogen) atoms. The van der Waals surface area contributed by atoms with Gasteiger partial charge in [0.05, 0.1) is 0 Å². The number of carbonyl (C=O) groups is 2. The molecule has 2 aromatic heterocycles. The van der Waals surface area contributed by atoms with Crippen LogP contribution in [0, 0.1) is 5.92 Å². The average Bonchev–Trinajstić information content (AvgIpc) is 3.22. The highest BCUT2D eigenvalue weighted by Crippen LogP contribution is 2.31. The predicted molar refractivity (Wildman–Crippen MR) is 97.5 cm³/mol. The number of nitrogens with one attached hydrogen (secondary N) is 1. The van der Waals surface area contributed by atoms with E-state index < -0.39 is 0 Å². The molecule has 2 fully saturated rings. The van der Waals surface area contributed by atoms with Gasteiger partial charge in [0, 0.05) is 56.6 Å². The molecule has 2 saturated heterocycles. The van der Waals surface area contributed by atoms with Gasteiger partial charge >= 0.3 is 0 Å². The Morgan fingerprint density at radius 2 is 2.15 bits per heavy atom. The molecular formula is C20H24N4O2. The molecule has 0 bridgehead atoms. The molecule has 4 heterocycles. The van der Waals surface area contributed by atoms with E-state index in [0.717, 1.165) is 31.5 Å². The van der Waals surface area contributed by atoms with Gasteiger partial charge < -0.3 is 14.8 Å². The molecule has 4 rings (SSSR count). The molecular weight excluding hydrogens is 328 g/mol. The molecule has 6 nitrogen and oxygen atoms in total. The molecule has 0 aromatic carbocycles. The smallest absolute Gasteiger partial charge is 0.270 e. The first-order valence-electron chi connectivity index (χ1n) is 9.34. The van der Waals surface area contributed by atoms with Crippen LogP contribution in [0.25, 0.3) is 0 Å². The second-order valence-electron chi connectivity index (χ2n) is 7.15. The number of hydrogen-bond donors (Lipinski definition) is 1. The van der Waals surface area contributed by atoms with Gasteiger partial charge in [-0.25, -0.2) is 0 Å². The van der Waals surface area contributed by atoms with Crippen molar-refractivity contribution >= 4 is 11.8 Å². The van der Waals surface area contributed by atoms with E-state index in [1.54, 1.807) is 12.4 Å². The highest BCUT2D eigenvalue weighted by Gasteiger charge is 2.40. The van der Waals surface area contributed by atoms with Crippen LogP contribution in [-0.2, 0) is 11.2 Å². The van der Waals surface area contributed by atoms with E-state index in [1.165, 1.54) is 0 Å². The first-order chi connectivity index (χ1) is 12.7. The predicted octanol–water partition coefficient (Wildman–Crippen LogP) is 2.11. The molecule has 6 heteroatoms. The summed E-state index contributed by atoms with van der Waals surface area (Å²) < 4.78 is 0. The highest BCUT2D eigenvalue weighted by molar-refractivity contribution is 5.92. The monoisotopic (exact) mass is 352 g/mol. The molecule has 2 amide bonds. The van der Waals surface area contributed by atoms with Crippen LogP contribution in [0.1, 0.15) is 35.4 Å². The summed E-state index contributed by atoms with van der Waals surface area (Å²) in [5.74, 6) is 0.667. The van der Waals surface area contributed by atoms with Crippen molar-refractivity contribution in [2.75, 3.05) is 19.6 Å². The van der Waals surface area contributed by atoms with Crippen molar-refractivity contribution < 1.29 is 9.59 Å². The minimum Gasteiger partial charge on any atom is -0.357 e. The van der Waals surface area contributed by atoms with Crippen LogP contribution < -0.4 is 0 Å². The van der Waals surface area contributed by atoms with Gasteiger partial charge in [-0.2, -0.15) is 0 Å². The van der Waals surface area contributed by atoms with Gasteiger partial charge in [-0.15, -0.1) is 0 Å². The van der Waals surface area contributed by atoms with E-state index in [9.17, 15) is 9.59 Å². The Hall–Kier alpha value is -2.63. The first-order valence-corrected chi connectivity index (χ1v) is 9.34. The molecule has 0 spiro atoms. The normalized spacial score (nSPS) is 23.0. The van der Waals surface area contributed by atoms with Gasteiger partial charge in [0.25, 0.3) is 5.91 Å². The molecule has 0 unspecified atom stereocenters. The van der Waals surface area contributed by atoms with Crippen molar-refractivity contribution in [3.05, 3.63) is 54.1 Å². The minimum atomic E-state index is 0.0605. The van der Waals surface area contributed by atoms with E-state index >= 15 is 0 Å². The summed E-state index contributed by atoms with van der Waals surface area (Å²) in [5.41, 5.74) is 1.66. The number of piperidine rings is 2. The lowest BCUT2D eigenvalue weighted by Gasteiger charge is -2.47. The number of aromatic amines is 1. The van der Waals surface area contributed by atoms with Gasteiger partial charge in [0.1, 0.15) is 5.69 Å². The number of rotatable bonds is 4. The summed E-state index contributed by atoms with van der Waals surface area (Å²) in [6, 6.07) is 9.80. The Morgan fingerprint density at radius 1 is 1.23 bits per heavy atom. The molecule has 0 aliphatic carbocycles. The zero-order valence-electron chi connectivity index (χ0n) is 14.8. The molecule has 1 N–H and O–H groups in total. The van der Waals surface area contributed by atoms with Gasteiger partial charge in [-0.1, -0.05) is 6.07 Å². The Balaban J connectivity index is 1.41. The third-order valence-corrected chi connectivity index (χ3v) is 5.59. The number of carbonyl (C=O) groups excluding carboxylic acids is 2. The van der Waals surface area contributed by atoms with Crippen molar-refractivity contribution in [2.24, 2.45) is 5.92 Å². The van der Waals surface area contributed by atoms with E-state index in [1.807, 2.05) is 40.1 Å². The lowest BCUT2D eigenvalue weighted by Crippen LogP contribution is -2.57. The topological polar surface area (TPSA) is 69.3 Å². The molecule has 2 aliphatic heterocycles. The number of pyridine rings is 1. The van der Waals surface area contributed by atoms with Crippen LogP contribution >= 0.6 is 0 Å². The van der Waals surface area contributed by atoms with Crippen LogP contribution in [0.4, 0.5) is 0 Å². The van der Waals surface area contributed by atoms with E-state index in [0.29, 0.717) is 31.1 Å². The Kier molecular flexibility index (Phi) is 4.73. The van der Waals surface area contributed by atoms with Crippen LogP contribution in [0.3, 0.4) is 0 Å². The maximum Gasteiger partial charge on any atom is 0.270 e. The Morgan fingerprint density at radius 3 is 2.92 bits per heavy atom. The van der Waals surface area contributed by atoms with E-state index in [-0.39, 0.29) is 17.9 Å². The number of H-pyrrole nitrogens is 1. The zero-order chi connectivity index (χ0) is 17.9. The quantitative estimate of drug-likeness (QED) is 0.916. The standard InChI is InChI=1S/C20H24N4O2/c25-19-7-6-15-14-23(20(26)17-5-3-11-22-17)12-9-18(15)24(19)13-8-16-4-1-2-10-21-16/h1-5,10-11,15,18,22H,6-9,12-14H2/t15-,18+/m0/s1. The second kappa shape index (κ2) is 7.32. The summed E-state index contributed by atoms with van der Waals surface area (Å²) in [6.45, 7) is 2.14. The largest absolute Gasteiger partial charge is 0.357 e. The molecule has 2 aromatic rings. The van der Waals surface area contributed by atoms with Crippen LogP contribution in [-0.4, -0.2) is 57.3 Å². The van der Waals surface area contributed by atoms with Crippen LogP contribution in [0.15, 0.2) is 42.7 Å². The Labute approximate surface area is 153 Å². The lowest BCUT2D eigenvalue weighted by atomic mass is 9.83. The van der Waals surface area contributed by atoms with Gasteiger partial charge in [0.15, 0.2) is 0 Å². The third-order valence-electron chi connectivity index (χ3n) is 5.59. The molecule has 0 saturated carbocycles. The highest BCUT2D eigenvalue weighted by atomic mass is 16.2.